The number of carbonyl (C=O) groups excluding carboxylic acids is 1. The van der Waals surface area contributed by atoms with Gasteiger partial charge in [-0.3, -0.25) is 4.90 Å². The van der Waals surface area contributed by atoms with Crippen molar-refractivity contribution in [2.75, 3.05) is 38.1 Å². The van der Waals surface area contributed by atoms with E-state index in [1.165, 1.54) is 0 Å². The molecule has 2 amide bonds. The number of imidazole rings is 1. The largest absolute Gasteiger partial charge is 0.470 e. The Hall–Kier alpha value is -3.93. The molecule has 1 aromatic carbocycles. The topological polar surface area (TPSA) is 83.0 Å². The van der Waals surface area contributed by atoms with E-state index < -0.39 is 12.1 Å². The van der Waals surface area contributed by atoms with Gasteiger partial charge < -0.3 is 18.6 Å². The third-order valence-corrected chi connectivity index (χ3v) is 5.82. The molecular weight excluding hydrogens is 463 g/mol. The summed E-state index contributed by atoms with van der Waals surface area (Å²) in [6.07, 6.45) is -1.29. The fourth-order valence-corrected chi connectivity index (χ4v) is 3.91. The van der Waals surface area contributed by atoms with Crippen LogP contribution in [-0.2, 0) is 12.7 Å². The van der Waals surface area contributed by atoms with Crippen LogP contribution in [0.3, 0.4) is 0 Å². The summed E-state index contributed by atoms with van der Waals surface area (Å²) in [5, 5.41) is 6.57. The highest BCUT2D eigenvalue weighted by Crippen LogP contribution is 2.30. The number of urea groups is 1. The number of para-hydroxylation sites is 1. The molecule has 4 heterocycles. The first-order valence-corrected chi connectivity index (χ1v) is 11.0. The molecule has 0 saturated carbocycles. The van der Waals surface area contributed by atoms with Gasteiger partial charge in [0.15, 0.2) is 0 Å². The number of amides is 2. The Morgan fingerprint density at radius 1 is 1.09 bits per heavy atom. The molecule has 1 saturated heterocycles. The smallest absolute Gasteiger partial charge is 0.413 e. The fourth-order valence-electron chi connectivity index (χ4n) is 3.91. The molecule has 3 aromatic heterocycles. The minimum Gasteiger partial charge on any atom is -0.413 e. The molecule has 182 valence electrons. The number of carbonyl (C=O) groups is 1. The van der Waals surface area contributed by atoms with E-state index in [-0.39, 0.29) is 18.5 Å². The summed E-state index contributed by atoms with van der Waals surface area (Å²) in [6.45, 7) is 3.11. The zero-order chi connectivity index (χ0) is 24.6. The molecule has 5 rings (SSSR count). The van der Waals surface area contributed by atoms with Crippen LogP contribution in [0.2, 0.25) is 0 Å². The number of likely N-dealkylation sites (N-methyl/N-ethyl adjacent to an activating group) is 1. The molecule has 9 nitrogen and oxygen atoms in total. The van der Waals surface area contributed by atoms with Crippen LogP contribution in [0.15, 0.2) is 59.3 Å². The van der Waals surface area contributed by atoms with E-state index in [9.17, 15) is 18.0 Å². The SMILES string of the molecule is CN1CCN(C(=O)N(Cc2cn3ccc(-c4nnc(C(F)(F)F)o4)cc3n2)c2ccccc2)CC1. The third-order valence-electron chi connectivity index (χ3n) is 5.82. The number of hydrogen-bond donors (Lipinski definition) is 0. The molecule has 0 aliphatic carbocycles. The second kappa shape index (κ2) is 9.02. The lowest BCUT2D eigenvalue weighted by atomic mass is 10.2. The van der Waals surface area contributed by atoms with Crippen LogP contribution < -0.4 is 4.90 Å². The number of alkyl halides is 3. The summed E-state index contributed by atoms with van der Waals surface area (Å²) >= 11 is 0. The average Bonchev–Trinajstić information content (AvgIpc) is 3.50. The van der Waals surface area contributed by atoms with Gasteiger partial charge in [-0.25, -0.2) is 9.78 Å². The van der Waals surface area contributed by atoms with Crippen LogP contribution >= 0.6 is 0 Å². The minimum atomic E-state index is -4.72. The van der Waals surface area contributed by atoms with Gasteiger partial charge in [-0.05, 0) is 31.3 Å². The van der Waals surface area contributed by atoms with Gasteiger partial charge in [-0.15, -0.1) is 10.2 Å². The van der Waals surface area contributed by atoms with Crippen molar-refractivity contribution in [1.82, 2.24) is 29.4 Å². The Morgan fingerprint density at radius 3 is 2.51 bits per heavy atom. The second-order valence-electron chi connectivity index (χ2n) is 8.32. The Labute approximate surface area is 198 Å². The predicted molar refractivity (Wildman–Crippen MR) is 121 cm³/mol. The number of aromatic nitrogens is 4. The van der Waals surface area contributed by atoms with Gasteiger partial charge in [0.25, 0.3) is 0 Å². The highest BCUT2D eigenvalue weighted by atomic mass is 19.4. The summed E-state index contributed by atoms with van der Waals surface area (Å²) in [4.78, 5) is 23.7. The Morgan fingerprint density at radius 2 is 1.83 bits per heavy atom. The first kappa shape index (κ1) is 22.8. The van der Waals surface area contributed by atoms with Gasteiger partial charge in [-0.1, -0.05) is 18.2 Å². The van der Waals surface area contributed by atoms with Crippen LogP contribution in [0.5, 0.6) is 0 Å². The van der Waals surface area contributed by atoms with Crippen LogP contribution in [0.1, 0.15) is 11.6 Å². The van der Waals surface area contributed by atoms with Gasteiger partial charge in [0, 0.05) is 49.8 Å². The van der Waals surface area contributed by atoms with Gasteiger partial charge in [0.05, 0.1) is 12.2 Å². The lowest BCUT2D eigenvalue weighted by Crippen LogP contribution is -2.51. The van der Waals surface area contributed by atoms with E-state index in [4.69, 9.17) is 4.42 Å². The average molecular weight is 485 g/mol. The minimum absolute atomic E-state index is 0.104. The van der Waals surface area contributed by atoms with E-state index in [1.54, 1.807) is 33.8 Å². The number of halogens is 3. The van der Waals surface area contributed by atoms with Crippen molar-refractivity contribution in [2.24, 2.45) is 0 Å². The lowest BCUT2D eigenvalue weighted by molar-refractivity contribution is -0.156. The molecule has 1 fully saturated rings. The number of fused-ring (bicyclic) bond motifs is 1. The zero-order valence-electron chi connectivity index (χ0n) is 18.8. The molecule has 1 aliphatic rings. The van der Waals surface area contributed by atoms with Crippen LogP contribution in [0.4, 0.5) is 23.7 Å². The van der Waals surface area contributed by atoms with E-state index >= 15 is 0 Å². The van der Waals surface area contributed by atoms with E-state index in [1.807, 2.05) is 42.3 Å². The Balaban J connectivity index is 1.42. The maximum Gasteiger partial charge on any atom is 0.470 e. The van der Waals surface area contributed by atoms with E-state index in [0.717, 1.165) is 18.8 Å². The van der Waals surface area contributed by atoms with Gasteiger partial charge in [0.1, 0.15) is 5.65 Å². The van der Waals surface area contributed by atoms with Crippen LogP contribution in [0.25, 0.3) is 17.1 Å². The molecule has 4 aromatic rings. The van der Waals surface area contributed by atoms with Crippen molar-refractivity contribution in [3.63, 3.8) is 0 Å². The summed E-state index contributed by atoms with van der Waals surface area (Å²) < 4.78 is 44.9. The quantitative estimate of drug-likeness (QED) is 0.438. The van der Waals surface area contributed by atoms with Gasteiger partial charge >= 0.3 is 18.1 Å². The molecule has 0 unspecified atom stereocenters. The molecular formula is C23H22F3N7O2. The molecule has 0 bridgehead atoms. The third kappa shape index (κ3) is 4.83. The monoisotopic (exact) mass is 485 g/mol. The number of hydrogen-bond acceptors (Lipinski definition) is 6. The van der Waals surface area contributed by atoms with Gasteiger partial charge in [0.2, 0.25) is 5.89 Å². The standard InChI is InChI=1S/C23H22F3N7O2/c1-30-9-11-31(12-10-30)22(34)33(18-5-3-2-4-6-18)15-17-14-32-8-7-16(13-19(32)27-17)20-28-29-21(35-20)23(24,25)26/h2-8,13-14H,9-12,15H2,1H3. The summed E-state index contributed by atoms with van der Waals surface area (Å²) in [5.41, 5.74) is 2.16. The molecule has 0 N–H and O–H groups in total. The summed E-state index contributed by atoms with van der Waals surface area (Å²) in [6, 6.07) is 12.4. The first-order chi connectivity index (χ1) is 16.8. The molecule has 1 aliphatic heterocycles. The fraction of sp³-hybridized carbons (Fsp3) is 0.304. The number of rotatable bonds is 4. The summed E-state index contributed by atoms with van der Waals surface area (Å²) in [5.74, 6) is -1.65. The number of piperazine rings is 1. The number of pyridine rings is 1. The molecule has 0 atom stereocenters. The van der Waals surface area contributed by atoms with Gasteiger partial charge in [-0.2, -0.15) is 13.2 Å². The Kier molecular flexibility index (Phi) is 5.89. The number of benzene rings is 1. The first-order valence-electron chi connectivity index (χ1n) is 11.0. The molecule has 12 heteroatoms. The Bertz CT molecular complexity index is 1330. The van der Waals surface area contributed by atoms with E-state index in [2.05, 4.69) is 20.1 Å². The zero-order valence-corrected chi connectivity index (χ0v) is 18.8. The predicted octanol–water partition coefficient (Wildman–Crippen LogP) is 3.78. The molecule has 0 spiro atoms. The van der Waals surface area contributed by atoms with E-state index in [0.29, 0.717) is 30.0 Å². The lowest BCUT2D eigenvalue weighted by Gasteiger charge is -2.36. The van der Waals surface area contributed by atoms with Crippen LogP contribution in [0, 0.1) is 0 Å². The van der Waals surface area contributed by atoms with Crippen molar-refractivity contribution >= 4 is 17.4 Å². The van der Waals surface area contributed by atoms with Crippen molar-refractivity contribution in [2.45, 2.75) is 12.7 Å². The van der Waals surface area contributed by atoms with Crippen molar-refractivity contribution in [3.8, 4) is 11.5 Å². The number of anilines is 1. The van der Waals surface area contributed by atoms with Crippen molar-refractivity contribution in [1.29, 1.82) is 0 Å². The summed E-state index contributed by atoms with van der Waals surface area (Å²) in [7, 11) is 2.03. The van der Waals surface area contributed by atoms with Crippen LogP contribution in [-0.4, -0.2) is 68.6 Å². The van der Waals surface area contributed by atoms with Crippen molar-refractivity contribution in [3.05, 3.63) is 66.4 Å². The highest BCUT2D eigenvalue weighted by Gasteiger charge is 2.38. The second-order valence-corrected chi connectivity index (χ2v) is 8.32. The maximum atomic E-state index is 13.4. The maximum absolute atomic E-state index is 13.4. The number of nitrogens with zero attached hydrogens (tertiary/aromatic N) is 7. The normalized spacial score (nSPS) is 15.0. The molecule has 0 radical (unpaired) electrons. The molecule has 35 heavy (non-hydrogen) atoms. The highest BCUT2D eigenvalue weighted by molar-refractivity contribution is 5.92. The van der Waals surface area contributed by atoms with Crippen molar-refractivity contribution < 1.29 is 22.4 Å².